The van der Waals surface area contributed by atoms with E-state index in [0.29, 0.717) is 45.8 Å². The lowest BCUT2D eigenvalue weighted by Crippen LogP contribution is -2.08. The number of halogens is 3. The Morgan fingerprint density at radius 2 is 1.87 bits per heavy atom. The molecule has 1 saturated carbocycles. The van der Waals surface area contributed by atoms with Crippen molar-refractivity contribution < 1.29 is 27.5 Å². The summed E-state index contributed by atoms with van der Waals surface area (Å²) in [6.45, 7) is 2.01. The zero-order valence-corrected chi connectivity index (χ0v) is 21.1. The monoisotopic (exact) mass is 537 g/mol. The fraction of sp³-hybridized carbons (Fsp3) is 0.321. The predicted molar refractivity (Wildman–Crippen MR) is 141 cm³/mol. The van der Waals surface area contributed by atoms with Crippen LogP contribution >= 0.6 is 0 Å². The Morgan fingerprint density at radius 3 is 2.62 bits per heavy atom. The van der Waals surface area contributed by atoms with Gasteiger partial charge in [0, 0.05) is 47.1 Å². The molecule has 11 heteroatoms. The molecular weight excluding hydrogens is 511 g/mol. The van der Waals surface area contributed by atoms with Gasteiger partial charge in [-0.05, 0) is 50.5 Å². The topological polar surface area (TPSA) is 106 Å². The Labute approximate surface area is 222 Å². The minimum Gasteiger partial charge on any atom is -0.466 e. The highest BCUT2D eigenvalue weighted by Crippen LogP contribution is 2.34. The number of anilines is 3. The van der Waals surface area contributed by atoms with E-state index in [2.05, 4.69) is 25.6 Å². The lowest BCUT2D eigenvalue weighted by Gasteiger charge is -2.14. The third-order valence-corrected chi connectivity index (χ3v) is 6.31. The quantitative estimate of drug-likeness (QED) is 0.135. The third-order valence-electron chi connectivity index (χ3n) is 6.31. The summed E-state index contributed by atoms with van der Waals surface area (Å²) in [5.41, 5.74) is 0.709. The van der Waals surface area contributed by atoms with Crippen LogP contribution in [-0.4, -0.2) is 39.4 Å². The van der Waals surface area contributed by atoms with E-state index in [1.54, 1.807) is 31.3 Å². The number of carbonyl (C=O) groups is 2. The second-order valence-corrected chi connectivity index (χ2v) is 9.35. The van der Waals surface area contributed by atoms with Crippen LogP contribution in [0.1, 0.15) is 54.9 Å². The van der Waals surface area contributed by atoms with Crippen LogP contribution in [0.25, 0.3) is 21.8 Å². The molecule has 0 saturated heterocycles. The summed E-state index contributed by atoms with van der Waals surface area (Å²) in [7, 11) is 0. The zero-order chi connectivity index (χ0) is 27.6. The van der Waals surface area contributed by atoms with Crippen LogP contribution in [0.2, 0.25) is 0 Å². The van der Waals surface area contributed by atoms with Crippen molar-refractivity contribution in [2.24, 2.45) is 0 Å². The molecule has 2 aromatic carbocycles. The Hall–Kier alpha value is -4.28. The molecule has 39 heavy (non-hydrogen) atoms. The van der Waals surface area contributed by atoms with Gasteiger partial charge in [0.15, 0.2) is 11.6 Å². The van der Waals surface area contributed by atoms with E-state index in [0.717, 1.165) is 25.0 Å². The van der Waals surface area contributed by atoms with Gasteiger partial charge >= 0.3 is 12.1 Å². The molecule has 0 amide bonds. The summed E-state index contributed by atoms with van der Waals surface area (Å²) in [6, 6.07) is 10.2. The normalized spacial score (nSPS) is 13.4. The molecule has 2 heterocycles. The first-order chi connectivity index (χ1) is 18.7. The van der Waals surface area contributed by atoms with Crippen LogP contribution in [0, 0.1) is 0 Å². The van der Waals surface area contributed by atoms with Gasteiger partial charge in [-0.1, -0.05) is 18.2 Å². The first kappa shape index (κ1) is 26.3. The number of aromatic nitrogens is 3. The van der Waals surface area contributed by atoms with E-state index < -0.39 is 11.7 Å². The number of rotatable bonds is 10. The second kappa shape index (κ2) is 10.8. The molecule has 0 spiro atoms. The van der Waals surface area contributed by atoms with Crippen molar-refractivity contribution in [1.29, 1.82) is 0 Å². The van der Waals surface area contributed by atoms with Gasteiger partial charge in [0.2, 0.25) is 5.95 Å². The summed E-state index contributed by atoms with van der Waals surface area (Å²) >= 11 is 0. The number of esters is 1. The minimum absolute atomic E-state index is 0.148. The molecule has 8 nitrogen and oxygen atoms in total. The highest BCUT2D eigenvalue weighted by atomic mass is 19.4. The number of carbonyl (C=O) groups excluding carboxylic acids is 2. The summed E-state index contributed by atoms with van der Waals surface area (Å²) in [6.07, 6.45) is -0.152. The Morgan fingerprint density at radius 1 is 1.05 bits per heavy atom. The number of ether oxygens (including phenoxy) is 1. The van der Waals surface area contributed by atoms with Crippen molar-refractivity contribution in [2.75, 3.05) is 17.2 Å². The number of benzene rings is 2. The number of nitrogens with one attached hydrogen (secondary N) is 2. The molecule has 0 unspecified atom stereocenters. The molecule has 0 aliphatic heterocycles. The number of nitrogens with zero attached hydrogens (tertiary/aromatic N) is 3. The SMILES string of the molecule is CCOC(=O)CCCC(=O)c1ccc2c(c1)nc(Nc1cccc(C(F)(F)F)c1)c1nc(NC3CC3)ncc12. The van der Waals surface area contributed by atoms with E-state index in [1.165, 1.54) is 12.1 Å². The van der Waals surface area contributed by atoms with Crippen LogP contribution in [0.3, 0.4) is 0 Å². The first-order valence-electron chi connectivity index (χ1n) is 12.7. The van der Waals surface area contributed by atoms with Gasteiger partial charge in [-0.25, -0.2) is 15.0 Å². The van der Waals surface area contributed by atoms with Crippen molar-refractivity contribution in [2.45, 2.75) is 51.2 Å². The summed E-state index contributed by atoms with van der Waals surface area (Å²) < 4.78 is 44.8. The van der Waals surface area contributed by atoms with Crippen LogP contribution in [0.5, 0.6) is 0 Å². The van der Waals surface area contributed by atoms with E-state index in [-0.39, 0.29) is 42.7 Å². The largest absolute Gasteiger partial charge is 0.466 e. The molecule has 0 bridgehead atoms. The standard InChI is InChI=1S/C28H26F3N5O3/c1-2-39-24(38)8-4-7-23(37)16-9-12-20-21-15-32-27(34-18-10-11-18)36-25(21)26(35-22(20)13-16)33-19-6-3-5-17(14-19)28(29,30)31/h3,5-6,9,12-15,18H,2,4,7-8,10-11H2,1H3,(H,33,35)(H,32,34,36). The highest BCUT2D eigenvalue weighted by molar-refractivity contribution is 6.10. The molecule has 1 fully saturated rings. The zero-order valence-electron chi connectivity index (χ0n) is 21.1. The van der Waals surface area contributed by atoms with Crippen LogP contribution in [-0.2, 0) is 15.7 Å². The van der Waals surface area contributed by atoms with Gasteiger partial charge in [0.05, 0.1) is 17.7 Å². The van der Waals surface area contributed by atoms with E-state index in [1.807, 2.05) is 0 Å². The smallest absolute Gasteiger partial charge is 0.416 e. The lowest BCUT2D eigenvalue weighted by molar-refractivity contribution is -0.143. The lowest BCUT2D eigenvalue weighted by atomic mass is 10.0. The number of hydrogen-bond donors (Lipinski definition) is 2. The average Bonchev–Trinajstić information content (AvgIpc) is 3.72. The first-order valence-corrected chi connectivity index (χ1v) is 12.7. The average molecular weight is 538 g/mol. The number of ketones is 1. The summed E-state index contributed by atoms with van der Waals surface area (Å²) in [5, 5.41) is 7.55. The molecule has 202 valence electrons. The fourth-order valence-corrected chi connectivity index (χ4v) is 4.21. The van der Waals surface area contributed by atoms with E-state index in [4.69, 9.17) is 4.74 Å². The van der Waals surface area contributed by atoms with Crippen molar-refractivity contribution in [1.82, 2.24) is 15.0 Å². The molecular formula is C28H26F3N5O3. The summed E-state index contributed by atoms with van der Waals surface area (Å²) in [5.74, 6) is 0.144. The van der Waals surface area contributed by atoms with Gasteiger partial charge in [-0.15, -0.1) is 0 Å². The molecule has 1 aliphatic rings. The molecule has 5 rings (SSSR count). The van der Waals surface area contributed by atoms with E-state index >= 15 is 0 Å². The molecule has 4 aromatic rings. The third kappa shape index (κ3) is 6.24. The number of fused-ring (bicyclic) bond motifs is 3. The molecule has 0 radical (unpaired) electrons. The van der Waals surface area contributed by atoms with Gasteiger partial charge in [0.25, 0.3) is 0 Å². The highest BCUT2D eigenvalue weighted by Gasteiger charge is 2.30. The molecule has 1 aliphatic carbocycles. The van der Waals surface area contributed by atoms with Crippen molar-refractivity contribution in [3.8, 4) is 0 Å². The number of hydrogen-bond acceptors (Lipinski definition) is 8. The number of Topliss-reactive ketones (excluding diaryl/α,β-unsaturated/α-hetero) is 1. The predicted octanol–water partition coefficient (Wildman–Crippen LogP) is 6.43. The molecule has 0 atom stereocenters. The fourth-order valence-electron chi connectivity index (χ4n) is 4.21. The van der Waals surface area contributed by atoms with Gasteiger partial charge in [-0.3, -0.25) is 9.59 Å². The van der Waals surface area contributed by atoms with Crippen LogP contribution < -0.4 is 10.6 Å². The maximum absolute atomic E-state index is 13.3. The summed E-state index contributed by atoms with van der Waals surface area (Å²) in [4.78, 5) is 38.1. The van der Waals surface area contributed by atoms with Gasteiger partial charge < -0.3 is 15.4 Å². The number of alkyl halides is 3. The Bertz CT molecular complexity index is 1550. The minimum atomic E-state index is -4.50. The Balaban J connectivity index is 1.51. The van der Waals surface area contributed by atoms with Crippen molar-refractivity contribution >= 4 is 51.0 Å². The second-order valence-electron chi connectivity index (χ2n) is 9.35. The van der Waals surface area contributed by atoms with Crippen LogP contribution in [0.4, 0.5) is 30.6 Å². The Kier molecular flexibility index (Phi) is 7.32. The van der Waals surface area contributed by atoms with Gasteiger partial charge in [-0.2, -0.15) is 13.2 Å². The van der Waals surface area contributed by atoms with E-state index in [9.17, 15) is 22.8 Å². The maximum Gasteiger partial charge on any atom is 0.416 e. The van der Waals surface area contributed by atoms with Gasteiger partial charge in [0.1, 0.15) is 5.52 Å². The maximum atomic E-state index is 13.3. The molecule has 2 N–H and O–H groups in total. The van der Waals surface area contributed by atoms with Crippen molar-refractivity contribution in [3.63, 3.8) is 0 Å². The molecule has 2 aromatic heterocycles. The van der Waals surface area contributed by atoms with Crippen LogP contribution in [0.15, 0.2) is 48.7 Å². The number of pyridine rings is 1. The van der Waals surface area contributed by atoms with Crippen molar-refractivity contribution in [3.05, 3.63) is 59.8 Å².